The van der Waals surface area contributed by atoms with Crippen molar-refractivity contribution in [3.8, 4) is 5.75 Å². The molecule has 0 atom stereocenters. The fourth-order valence-electron chi connectivity index (χ4n) is 1.54. The molecule has 0 saturated heterocycles. The van der Waals surface area contributed by atoms with Crippen LogP contribution in [-0.4, -0.2) is 30.6 Å². The second kappa shape index (κ2) is 6.91. The van der Waals surface area contributed by atoms with Crippen LogP contribution in [-0.2, 0) is 6.42 Å². The number of carbonyl (C=O) groups excluding carboxylic acids is 1. The molecular formula is C13H20N2O2. The highest BCUT2D eigenvalue weighted by molar-refractivity contribution is 5.70. The minimum Gasteiger partial charge on any atom is -0.410 e. The Morgan fingerprint density at radius 2 is 1.82 bits per heavy atom. The van der Waals surface area contributed by atoms with E-state index in [4.69, 9.17) is 10.5 Å². The summed E-state index contributed by atoms with van der Waals surface area (Å²) in [5, 5.41) is 0. The van der Waals surface area contributed by atoms with Gasteiger partial charge in [0.1, 0.15) is 5.75 Å². The van der Waals surface area contributed by atoms with Gasteiger partial charge in [-0.15, -0.1) is 0 Å². The van der Waals surface area contributed by atoms with Gasteiger partial charge in [0, 0.05) is 13.1 Å². The van der Waals surface area contributed by atoms with Gasteiger partial charge in [-0.1, -0.05) is 12.1 Å². The molecule has 0 unspecified atom stereocenters. The lowest BCUT2D eigenvalue weighted by Crippen LogP contribution is -2.33. The maximum Gasteiger partial charge on any atom is 0.415 e. The van der Waals surface area contributed by atoms with E-state index in [1.165, 1.54) is 0 Å². The Morgan fingerprint density at radius 3 is 2.29 bits per heavy atom. The molecule has 4 nitrogen and oxygen atoms in total. The van der Waals surface area contributed by atoms with Gasteiger partial charge in [0.05, 0.1) is 0 Å². The molecule has 1 amide bonds. The number of benzene rings is 1. The number of carbonyl (C=O) groups is 1. The van der Waals surface area contributed by atoms with Crippen molar-refractivity contribution in [2.75, 3.05) is 19.6 Å². The van der Waals surface area contributed by atoms with Gasteiger partial charge < -0.3 is 15.4 Å². The Kier molecular flexibility index (Phi) is 5.49. The van der Waals surface area contributed by atoms with E-state index >= 15 is 0 Å². The van der Waals surface area contributed by atoms with Gasteiger partial charge in [-0.05, 0) is 44.5 Å². The Morgan fingerprint density at radius 1 is 1.24 bits per heavy atom. The van der Waals surface area contributed by atoms with Crippen molar-refractivity contribution in [3.05, 3.63) is 29.8 Å². The summed E-state index contributed by atoms with van der Waals surface area (Å²) < 4.78 is 5.25. The molecule has 2 N–H and O–H groups in total. The molecule has 1 aromatic carbocycles. The topological polar surface area (TPSA) is 55.6 Å². The van der Waals surface area contributed by atoms with Crippen LogP contribution in [0.2, 0.25) is 0 Å². The molecule has 1 aromatic rings. The average molecular weight is 236 g/mol. The summed E-state index contributed by atoms with van der Waals surface area (Å²) in [6.45, 7) is 5.78. The van der Waals surface area contributed by atoms with E-state index in [1.807, 2.05) is 26.0 Å². The SMILES string of the molecule is CCN(CC)C(=O)Oc1ccc(CCN)cc1. The first kappa shape index (κ1) is 13.5. The van der Waals surface area contributed by atoms with Crippen LogP contribution in [0.4, 0.5) is 4.79 Å². The van der Waals surface area contributed by atoms with E-state index in [9.17, 15) is 4.79 Å². The lowest BCUT2D eigenvalue weighted by Gasteiger charge is -2.17. The zero-order valence-electron chi connectivity index (χ0n) is 10.5. The largest absolute Gasteiger partial charge is 0.415 e. The van der Waals surface area contributed by atoms with Crippen molar-refractivity contribution >= 4 is 6.09 Å². The van der Waals surface area contributed by atoms with Crippen LogP contribution in [0.25, 0.3) is 0 Å². The van der Waals surface area contributed by atoms with E-state index in [0.29, 0.717) is 25.4 Å². The molecule has 0 aromatic heterocycles. The van der Waals surface area contributed by atoms with E-state index in [0.717, 1.165) is 12.0 Å². The van der Waals surface area contributed by atoms with Crippen molar-refractivity contribution in [1.82, 2.24) is 4.90 Å². The second-order valence-electron chi connectivity index (χ2n) is 3.72. The molecule has 0 aliphatic carbocycles. The average Bonchev–Trinajstić information content (AvgIpc) is 2.33. The molecule has 94 valence electrons. The van der Waals surface area contributed by atoms with Gasteiger partial charge >= 0.3 is 6.09 Å². The molecule has 17 heavy (non-hydrogen) atoms. The molecule has 0 radical (unpaired) electrons. The van der Waals surface area contributed by atoms with Crippen molar-refractivity contribution < 1.29 is 9.53 Å². The lowest BCUT2D eigenvalue weighted by atomic mass is 10.1. The van der Waals surface area contributed by atoms with Crippen LogP contribution in [0.3, 0.4) is 0 Å². The molecule has 4 heteroatoms. The number of amides is 1. The quantitative estimate of drug-likeness (QED) is 0.851. The monoisotopic (exact) mass is 236 g/mol. The van der Waals surface area contributed by atoms with Gasteiger partial charge in [-0.2, -0.15) is 0 Å². The summed E-state index contributed by atoms with van der Waals surface area (Å²) in [5.74, 6) is 0.572. The molecule has 0 fully saturated rings. The van der Waals surface area contributed by atoms with Gasteiger partial charge in [0.15, 0.2) is 0 Å². The van der Waals surface area contributed by atoms with Crippen molar-refractivity contribution in [2.24, 2.45) is 5.73 Å². The Hall–Kier alpha value is -1.55. The predicted molar refractivity (Wildman–Crippen MR) is 68.1 cm³/mol. The highest BCUT2D eigenvalue weighted by Crippen LogP contribution is 2.13. The lowest BCUT2D eigenvalue weighted by molar-refractivity contribution is 0.157. The van der Waals surface area contributed by atoms with Crippen molar-refractivity contribution in [3.63, 3.8) is 0 Å². The number of hydrogen-bond donors (Lipinski definition) is 1. The maximum absolute atomic E-state index is 11.7. The van der Waals surface area contributed by atoms with Crippen LogP contribution in [0, 0.1) is 0 Å². The third kappa shape index (κ3) is 4.07. The zero-order chi connectivity index (χ0) is 12.7. The van der Waals surface area contributed by atoms with E-state index < -0.39 is 0 Å². The smallest absolute Gasteiger partial charge is 0.410 e. The summed E-state index contributed by atoms with van der Waals surface area (Å²) in [5.41, 5.74) is 6.61. The normalized spacial score (nSPS) is 10.1. The van der Waals surface area contributed by atoms with Crippen LogP contribution >= 0.6 is 0 Å². The maximum atomic E-state index is 11.7. The molecule has 0 heterocycles. The first-order chi connectivity index (χ1) is 8.21. The minimum absolute atomic E-state index is 0.304. The number of nitrogens with two attached hydrogens (primary N) is 1. The van der Waals surface area contributed by atoms with Crippen LogP contribution in [0.15, 0.2) is 24.3 Å². The van der Waals surface area contributed by atoms with Gasteiger partial charge in [-0.3, -0.25) is 0 Å². The molecule has 1 rings (SSSR count). The van der Waals surface area contributed by atoms with E-state index in [-0.39, 0.29) is 6.09 Å². The fourth-order valence-corrected chi connectivity index (χ4v) is 1.54. The summed E-state index contributed by atoms with van der Waals surface area (Å²) in [6.07, 6.45) is 0.533. The third-order valence-corrected chi connectivity index (χ3v) is 2.58. The number of nitrogens with zero attached hydrogens (tertiary/aromatic N) is 1. The summed E-state index contributed by atoms with van der Waals surface area (Å²) in [4.78, 5) is 13.3. The van der Waals surface area contributed by atoms with Crippen molar-refractivity contribution in [2.45, 2.75) is 20.3 Å². The number of ether oxygens (including phenoxy) is 1. The Labute approximate surface area is 102 Å². The highest BCUT2D eigenvalue weighted by atomic mass is 16.6. The Balaban J connectivity index is 2.59. The van der Waals surface area contributed by atoms with Gasteiger partial charge in [0.2, 0.25) is 0 Å². The van der Waals surface area contributed by atoms with Gasteiger partial charge in [-0.25, -0.2) is 4.79 Å². The van der Waals surface area contributed by atoms with E-state index in [2.05, 4.69) is 0 Å². The molecule has 0 spiro atoms. The van der Waals surface area contributed by atoms with Crippen LogP contribution in [0.5, 0.6) is 5.75 Å². The molecule has 0 bridgehead atoms. The first-order valence-electron chi connectivity index (χ1n) is 5.97. The summed E-state index contributed by atoms with van der Waals surface area (Å²) in [6, 6.07) is 7.45. The highest BCUT2D eigenvalue weighted by Gasteiger charge is 2.11. The second-order valence-corrected chi connectivity index (χ2v) is 3.72. The Bertz CT molecular complexity index is 345. The predicted octanol–water partition coefficient (Wildman–Crippen LogP) is 2.03. The molecule has 0 saturated carbocycles. The molecule has 0 aliphatic heterocycles. The summed E-state index contributed by atoms with van der Waals surface area (Å²) in [7, 11) is 0. The van der Waals surface area contributed by atoms with Crippen LogP contribution < -0.4 is 10.5 Å². The zero-order valence-corrected chi connectivity index (χ0v) is 10.5. The fraction of sp³-hybridized carbons (Fsp3) is 0.462. The molecular weight excluding hydrogens is 216 g/mol. The molecule has 0 aliphatic rings. The summed E-state index contributed by atoms with van der Waals surface area (Å²) >= 11 is 0. The standard InChI is InChI=1S/C13H20N2O2/c1-3-15(4-2)13(16)17-12-7-5-11(6-8-12)9-10-14/h5-8H,3-4,9-10,14H2,1-2H3. The van der Waals surface area contributed by atoms with Crippen LogP contribution in [0.1, 0.15) is 19.4 Å². The number of hydrogen-bond acceptors (Lipinski definition) is 3. The minimum atomic E-state index is -0.304. The van der Waals surface area contributed by atoms with E-state index in [1.54, 1.807) is 17.0 Å². The van der Waals surface area contributed by atoms with Gasteiger partial charge in [0.25, 0.3) is 0 Å². The number of rotatable bonds is 5. The van der Waals surface area contributed by atoms with Crippen molar-refractivity contribution in [1.29, 1.82) is 0 Å². The first-order valence-corrected chi connectivity index (χ1v) is 5.97. The third-order valence-electron chi connectivity index (χ3n) is 2.58.